The molecule has 0 aliphatic heterocycles. The molecule has 84 valence electrons. The molecule has 0 bridgehead atoms. The van der Waals surface area contributed by atoms with Crippen molar-refractivity contribution in [3.63, 3.8) is 0 Å². The SMILES string of the molecule is COCCSCC(C(=O)O)C(F)(F)F. The minimum absolute atomic E-state index is 0.314. The topological polar surface area (TPSA) is 46.5 Å². The van der Waals surface area contributed by atoms with Crippen molar-refractivity contribution in [2.24, 2.45) is 5.92 Å². The van der Waals surface area contributed by atoms with Gasteiger partial charge in [-0.25, -0.2) is 0 Å². The molecular formula is C7H11F3O3S. The van der Waals surface area contributed by atoms with Crippen LogP contribution in [0.25, 0.3) is 0 Å². The highest BCUT2D eigenvalue weighted by Crippen LogP contribution is 2.29. The van der Waals surface area contributed by atoms with E-state index in [0.29, 0.717) is 12.4 Å². The summed E-state index contributed by atoms with van der Waals surface area (Å²) < 4.78 is 40.8. The van der Waals surface area contributed by atoms with Gasteiger partial charge in [0, 0.05) is 18.6 Å². The molecule has 0 aromatic rings. The summed E-state index contributed by atoms with van der Waals surface area (Å²) in [6.07, 6.45) is -4.67. The fourth-order valence-corrected chi connectivity index (χ4v) is 1.67. The summed E-state index contributed by atoms with van der Waals surface area (Å²) in [5, 5.41) is 8.30. The third kappa shape index (κ3) is 5.33. The Labute approximate surface area is 83.6 Å². The second-order valence-corrected chi connectivity index (χ2v) is 3.65. The van der Waals surface area contributed by atoms with Crippen molar-refractivity contribution in [1.82, 2.24) is 0 Å². The van der Waals surface area contributed by atoms with Crippen LogP contribution < -0.4 is 0 Å². The van der Waals surface area contributed by atoms with Crippen molar-refractivity contribution < 1.29 is 27.8 Å². The average Bonchev–Trinajstić information content (AvgIpc) is 2.01. The summed E-state index contributed by atoms with van der Waals surface area (Å²) in [5.41, 5.74) is 0. The van der Waals surface area contributed by atoms with E-state index in [1.54, 1.807) is 0 Å². The summed E-state index contributed by atoms with van der Waals surface area (Å²) in [4.78, 5) is 10.2. The molecule has 1 unspecified atom stereocenters. The number of methoxy groups -OCH3 is 1. The molecule has 0 fully saturated rings. The number of carboxylic acids is 1. The zero-order valence-electron chi connectivity index (χ0n) is 7.50. The number of alkyl halides is 3. The Morgan fingerprint density at radius 3 is 2.50 bits per heavy atom. The summed E-state index contributed by atoms with van der Waals surface area (Å²) in [6, 6.07) is 0. The minimum atomic E-state index is -4.67. The van der Waals surface area contributed by atoms with Crippen molar-refractivity contribution in [3.8, 4) is 0 Å². The van der Waals surface area contributed by atoms with E-state index in [-0.39, 0.29) is 0 Å². The number of rotatable bonds is 6. The first kappa shape index (κ1) is 13.6. The number of hydrogen-bond donors (Lipinski definition) is 1. The minimum Gasteiger partial charge on any atom is -0.481 e. The monoisotopic (exact) mass is 232 g/mol. The van der Waals surface area contributed by atoms with Crippen LogP contribution in [0.3, 0.4) is 0 Å². The molecule has 0 aliphatic carbocycles. The van der Waals surface area contributed by atoms with Crippen molar-refractivity contribution in [2.75, 3.05) is 25.2 Å². The molecule has 0 rings (SSSR count). The van der Waals surface area contributed by atoms with Crippen LogP contribution in [0.5, 0.6) is 0 Å². The maximum Gasteiger partial charge on any atom is 0.403 e. The Hall–Kier alpha value is -0.430. The van der Waals surface area contributed by atoms with Crippen LogP contribution in [0.15, 0.2) is 0 Å². The Morgan fingerprint density at radius 1 is 1.57 bits per heavy atom. The van der Waals surface area contributed by atoms with E-state index in [4.69, 9.17) is 5.11 Å². The number of carboxylic acid groups (broad SMARTS) is 1. The summed E-state index contributed by atoms with van der Waals surface area (Å²) in [7, 11) is 1.43. The second-order valence-electron chi connectivity index (χ2n) is 2.50. The highest BCUT2D eigenvalue weighted by atomic mass is 32.2. The van der Waals surface area contributed by atoms with Gasteiger partial charge in [-0.05, 0) is 0 Å². The van der Waals surface area contributed by atoms with Crippen LogP contribution in [0.4, 0.5) is 13.2 Å². The van der Waals surface area contributed by atoms with E-state index >= 15 is 0 Å². The summed E-state index contributed by atoms with van der Waals surface area (Å²) >= 11 is 0.915. The van der Waals surface area contributed by atoms with Gasteiger partial charge in [-0.3, -0.25) is 4.79 Å². The maximum atomic E-state index is 12.1. The van der Waals surface area contributed by atoms with E-state index < -0.39 is 23.8 Å². The van der Waals surface area contributed by atoms with Gasteiger partial charge in [-0.2, -0.15) is 24.9 Å². The number of carbonyl (C=O) groups is 1. The molecule has 0 radical (unpaired) electrons. The molecule has 0 heterocycles. The van der Waals surface area contributed by atoms with Crippen molar-refractivity contribution in [3.05, 3.63) is 0 Å². The predicted molar refractivity (Wildman–Crippen MR) is 46.4 cm³/mol. The molecule has 3 nitrogen and oxygen atoms in total. The Bertz CT molecular complexity index is 184. The molecule has 0 aromatic heterocycles. The summed E-state index contributed by atoms with van der Waals surface area (Å²) in [6.45, 7) is 0.314. The molecule has 1 atom stereocenters. The van der Waals surface area contributed by atoms with E-state index in [9.17, 15) is 18.0 Å². The highest BCUT2D eigenvalue weighted by molar-refractivity contribution is 7.99. The van der Waals surface area contributed by atoms with Crippen LogP contribution >= 0.6 is 11.8 Å². The Kier molecular flexibility index (Phi) is 5.94. The van der Waals surface area contributed by atoms with Crippen LogP contribution in [-0.4, -0.2) is 42.5 Å². The van der Waals surface area contributed by atoms with Gasteiger partial charge >= 0.3 is 12.1 Å². The molecule has 0 saturated carbocycles. The molecule has 0 aromatic carbocycles. The largest absolute Gasteiger partial charge is 0.481 e. The van der Waals surface area contributed by atoms with Crippen molar-refractivity contribution in [1.29, 1.82) is 0 Å². The lowest BCUT2D eigenvalue weighted by molar-refractivity contribution is -0.188. The third-order valence-electron chi connectivity index (χ3n) is 1.41. The van der Waals surface area contributed by atoms with Gasteiger partial charge in [0.05, 0.1) is 6.61 Å². The number of hydrogen-bond acceptors (Lipinski definition) is 3. The van der Waals surface area contributed by atoms with Crippen molar-refractivity contribution in [2.45, 2.75) is 6.18 Å². The van der Waals surface area contributed by atoms with E-state index in [2.05, 4.69) is 4.74 Å². The quantitative estimate of drug-likeness (QED) is 0.707. The van der Waals surface area contributed by atoms with E-state index in [0.717, 1.165) is 11.8 Å². The fraction of sp³-hybridized carbons (Fsp3) is 0.857. The van der Waals surface area contributed by atoms with Crippen molar-refractivity contribution >= 4 is 17.7 Å². The first-order chi connectivity index (χ1) is 6.39. The van der Waals surface area contributed by atoms with E-state index in [1.165, 1.54) is 7.11 Å². The molecule has 0 spiro atoms. The third-order valence-corrected chi connectivity index (χ3v) is 2.43. The number of ether oxygens (including phenoxy) is 1. The molecular weight excluding hydrogens is 221 g/mol. The van der Waals surface area contributed by atoms with Gasteiger partial charge in [-0.1, -0.05) is 0 Å². The Morgan fingerprint density at radius 2 is 2.14 bits per heavy atom. The molecule has 0 aliphatic rings. The predicted octanol–water partition coefficient (Wildman–Crippen LogP) is 1.63. The lowest BCUT2D eigenvalue weighted by Gasteiger charge is -2.15. The lowest BCUT2D eigenvalue weighted by atomic mass is 10.2. The Balaban J connectivity index is 3.94. The first-order valence-electron chi connectivity index (χ1n) is 3.75. The number of aliphatic carboxylic acids is 1. The zero-order valence-corrected chi connectivity index (χ0v) is 8.32. The normalized spacial score (nSPS) is 14.0. The second kappa shape index (κ2) is 6.13. The van der Waals surface area contributed by atoms with Gasteiger partial charge in [0.2, 0.25) is 0 Å². The van der Waals surface area contributed by atoms with Gasteiger partial charge in [0.1, 0.15) is 0 Å². The van der Waals surface area contributed by atoms with Crippen LogP contribution in [-0.2, 0) is 9.53 Å². The summed E-state index contributed by atoms with van der Waals surface area (Å²) in [5.74, 6) is -4.23. The maximum absolute atomic E-state index is 12.1. The standard InChI is InChI=1S/C7H11F3O3S/c1-13-2-3-14-4-5(6(11)12)7(8,9)10/h5H,2-4H2,1H3,(H,11,12). The van der Waals surface area contributed by atoms with Crippen LogP contribution in [0, 0.1) is 5.92 Å². The first-order valence-corrected chi connectivity index (χ1v) is 4.91. The zero-order chi connectivity index (χ0) is 11.2. The molecule has 1 N–H and O–H groups in total. The molecule has 0 amide bonds. The van der Waals surface area contributed by atoms with Gasteiger partial charge in [0.25, 0.3) is 0 Å². The van der Waals surface area contributed by atoms with Gasteiger partial charge in [0.15, 0.2) is 5.92 Å². The molecule has 14 heavy (non-hydrogen) atoms. The van der Waals surface area contributed by atoms with Crippen LogP contribution in [0.2, 0.25) is 0 Å². The smallest absolute Gasteiger partial charge is 0.403 e. The lowest BCUT2D eigenvalue weighted by Crippen LogP contribution is -2.32. The fourth-order valence-electron chi connectivity index (χ4n) is 0.649. The van der Waals surface area contributed by atoms with Gasteiger partial charge < -0.3 is 9.84 Å². The molecule has 7 heteroatoms. The van der Waals surface area contributed by atoms with Gasteiger partial charge in [-0.15, -0.1) is 0 Å². The molecule has 0 saturated heterocycles. The average molecular weight is 232 g/mol. The highest BCUT2D eigenvalue weighted by Gasteiger charge is 2.44. The number of halogens is 3. The van der Waals surface area contributed by atoms with Crippen LogP contribution in [0.1, 0.15) is 0 Å². The van der Waals surface area contributed by atoms with E-state index in [1.807, 2.05) is 0 Å². The number of thioether (sulfide) groups is 1.